The van der Waals surface area contributed by atoms with Gasteiger partial charge in [0.25, 0.3) is 0 Å². The van der Waals surface area contributed by atoms with Gasteiger partial charge in [-0.25, -0.2) is 0 Å². The summed E-state index contributed by atoms with van der Waals surface area (Å²) in [6, 6.07) is 5.30. The number of Topliss-reactive ketones (excluding diaryl/α,β-unsaturated/α-hetero) is 1. The second kappa shape index (κ2) is 6.15. The molecular formula is C11H10Br2O3. The molecule has 1 aromatic carbocycles. The summed E-state index contributed by atoms with van der Waals surface area (Å²) in [7, 11) is 0. The van der Waals surface area contributed by atoms with Crippen LogP contribution in [0.1, 0.15) is 11.1 Å². The van der Waals surface area contributed by atoms with E-state index in [1.807, 2.05) is 0 Å². The van der Waals surface area contributed by atoms with Gasteiger partial charge in [0.05, 0.1) is 11.8 Å². The molecule has 0 aromatic heterocycles. The van der Waals surface area contributed by atoms with E-state index in [1.165, 1.54) is 0 Å². The van der Waals surface area contributed by atoms with Crippen molar-refractivity contribution in [1.82, 2.24) is 0 Å². The van der Waals surface area contributed by atoms with Crippen molar-refractivity contribution in [3.05, 3.63) is 33.8 Å². The summed E-state index contributed by atoms with van der Waals surface area (Å²) in [5, 5.41) is 9.00. The SMILES string of the molecule is O=C(O)Cc1ccc(CC(=O)CBr)cc1Br. The Hall–Kier alpha value is -0.680. The maximum Gasteiger partial charge on any atom is 0.307 e. The molecule has 5 heteroatoms. The lowest BCUT2D eigenvalue weighted by atomic mass is 10.1. The molecule has 0 bridgehead atoms. The Morgan fingerprint density at radius 3 is 2.44 bits per heavy atom. The Balaban J connectivity index is 2.82. The molecule has 0 aliphatic carbocycles. The number of hydrogen-bond donors (Lipinski definition) is 1. The molecule has 16 heavy (non-hydrogen) atoms. The third kappa shape index (κ3) is 4.06. The molecule has 0 unspecified atom stereocenters. The number of aliphatic carboxylic acids is 1. The van der Waals surface area contributed by atoms with Crippen molar-refractivity contribution in [1.29, 1.82) is 0 Å². The van der Waals surface area contributed by atoms with Crippen molar-refractivity contribution >= 4 is 43.6 Å². The molecule has 0 spiro atoms. The first-order chi connectivity index (χ1) is 7.52. The summed E-state index contributed by atoms with van der Waals surface area (Å²) in [6.45, 7) is 0. The number of carboxylic acid groups (broad SMARTS) is 1. The molecule has 0 saturated heterocycles. The molecule has 0 radical (unpaired) electrons. The quantitative estimate of drug-likeness (QED) is 0.831. The number of alkyl halides is 1. The average Bonchev–Trinajstić information content (AvgIpc) is 2.21. The molecule has 0 heterocycles. The van der Waals surface area contributed by atoms with E-state index in [0.717, 1.165) is 10.0 Å². The molecule has 0 fully saturated rings. The van der Waals surface area contributed by atoms with Crippen LogP contribution in [0.15, 0.2) is 22.7 Å². The molecule has 0 aliphatic heterocycles. The van der Waals surface area contributed by atoms with Crippen LogP contribution in [0.4, 0.5) is 0 Å². The lowest BCUT2D eigenvalue weighted by Crippen LogP contribution is -2.05. The maximum absolute atomic E-state index is 11.2. The number of hydrogen-bond acceptors (Lipinski definition) is 2. The summed E-state index contributed by atoms with van der Waals surface area (Å²) in [6.07, 6.45) is 0.338. The van der Waals surface area contributed by atoms with Crippen LogP contribution in [-0.4, -0.2) is 22.2 Å². The number of rotatable bonds is 5. The summed E-state index contributed by atoms with van der Waals surface area (Å²) >= 11 is 6.40. The van der Waals surface area contributed by atoms with Gasteiger partial charge in [0, 0.05) is 10.9 Å². The van der Waals surface area contributed by atoms with Gasteiger partial charge in [-0.15, -0.1) is 0 Å². The van der Waals surface area contributed by atoms with Gasteiger partial charge < -0.3 is 5.11 Å². The molecule has 0 saturated carbocycles. The first-order valence-corrected chi connectivity index (χ1v) is 6.51. The van der Waals surface area contributed by atoms with Crippen LogP contribution in [0.25, 0.3) is 0 Å². The van der Waals surface area contributed by atoms with Gasteiger partial charge in [-0.1, -0.05) is 44.0 Å². The highest BCUT2D eigenvalue weighted by atomic mass is 79.9. The summed E-state index contributed by atoms with van der Waals surface area (Å²) in [5.74, 6) is -0.775. The number of carbonyl (C=O) groups is 2. The van der Waals surface area contributed by atoms with Gasteiger partial charge in [-0.2, -0.15) is 0 Å². The Morgan fingerprint density at radius 2 is 1.94 bits per heavy atom. The fraction of sp³-hybridized carbons (Fsp3) is 0.273. The predicted molar refractivity (Wildman–Crippen MR) is 68.0 cm³/mol. The third-order valence-electron chi connectivity index (χ3n) is 2.01. The lowest BCUT2D eigenvalue weighted by Gasteiger charge is -2.04. The van der Waals surface area contributed by atoms with Crippen LogP contribution in [-0.2, 0) is 22.4 Å². The molecule has 86 valence electrons. The Kier molecular flexibility index (Phi) is 5.15. The van der Waals surface area contributed by atoms with Crippen LogP contribution in [0.2, 0.25) is 0 Å². The maximum atomic E-state index is 11.2. The second-order valence-corrected chi connectivity index (χ2v) is 4.76. The van der Waals surface area contributed by atoms with Crippen molar-refractivity contribution < 1.29 is 14.7 Å². The molecule has 1 N–H and O–H groups in total. The highest BCUT2D eigenvalue weighted by Gasteiger charge is 2.07. The summed E-state index contributed by atoms with van der Waals surface area (Å²) in [5.41, 5.74) is 1.59. The van der Waals surface area contributed by atoms with E-state index in [-0.39, 0.29) is 12.2 Å². The smallest absolute Gasteiger partial charge is 0.307 e. The Morgan fingerprint density at radius 1 is 1.25 bits per heavy atom. The average molecular weight is 350 g/mol. The van der Waals surface area contributed by atoms with Gasteiger partial charge in [-0.05, 0) is 17.2 Å². The molecule has 3 nitrogen and oxygen atoms in total. The number of halogens is 2. The minimum atomic E-state index is -0.870. The lowest BCUT2D eigenvalue weighted by molar-refractivity contribution is -0.136. The molecule has 0 atom stereocenters. The van der Waals surface area contributed by atoms with E-state index in [9.17, 15) is 9.59 Å². The summed E-state index contributed by atoms with van der Waals surface area (Å²) < 4.78 is 0.731. The van der Waals surface area contributed by atoms with E-state index >= 15 is 0 Å². The number of ketones is 1. The summed E-state index contributed by atoms with van der Waals surface area (Å²) in [4.78, 5) is 21.7. The number of carbonyl (C=O) groups excluding carboxylic acids is 1. The van der Waals surface area contributed by atoms with E-state index in [1.54, 1.807) is 18.2 Å². The molecule has 1 rings (SSSR count). The fourth-order valence-electron chi connectivity index (χ4n) is 1.28. The van der Waals surface area contributed by atoms with E-state index in [2.05, 4.69) is 31.9 Å². The Bertz CT molecular complexity index is 416. The van der Waals surface area contributed by atoms with Gasteiger partial charge in [-0.3, -0.25) is 9.59 Å². The minimum absolute atomic E-state index is 0.0206. The zero-order chi connectivity index (χ0) is 12.1. The van der Waals surface area contributed by atoms with E-state index in [4.69, 9.17) is 5.11 Å². The number of benzene rings is 1. The number of carboxylic acids is 1. The monoisotopic (exact) mass is 348 g/mol. The van der Waals surface area contributed by atoms with E-state index < -0.39 is 5.97 Å². The largest absolute Gasteiger partial charge is 0.481 e. The third-order valence-corrected chi connectivity index (χ3v) is 3.37. The van der Waals surface area contributed by atoms with Gasteiger partial charge in [0.15, 0.2) is 0 Å². The molecule has 0 amide bonds. The van der Waals surface area contributed by atoms with Crippen LogP contribution >= 0.6 is 31.9 Å². The zero-order valence-electron chi connectivity index (χ0n) is 8.37. The normalized spacial score (nSPS) is 10.1. The van der Waals surface area contributed by atoms with E-state index in [0.29, 0.717) is 17.3 Å². The molecular weight excluding hydrogens is 340 g/mol. The zero-order valence-corrected chi connectivity index (χ0v) is 11.5. The van der Waals surface area contributed by atoms with Crippen molar-refractivity contribution in [3.63, 3.8) is 0 Å². The van der Waals surface area contributed by atoms with Crippen LogP contribution in [0.5, 0.6) is 0 Å². The van der Waals surface area contributed by atoms with Crippen molar-refractivity contribution in [2.24, 2.45) is 0 Å². The van der Waals surface area contributed by atoms with Crippen molar-refractivity contribution in [2.75, 3.05) is 5.33 Å². The Labute approximate surface area is 110 Å². The first kappa shape index (κ1) is 13.4. The first-order valence-electron chi connectivity index (χ1n) is 4.59. The van der Waals surface area contributed by atoms with Crippen molar-refractivity contribution in [2.45, 2.75) is 12.8 Å². The topological polar surface area (TPSA) is 54.4 Å². The predicted octanol–water partition coefficient (Wildman–Crippen LogP) is 2.58. The van der Waals surface area contributed by atoms with Gasteiger partial charge in [0.1, 0.15) is 5.78 Å². The van der Waals surface area contributed by atoms with Gasteiger partial charge >= 0.3 is 5.97 Å². The standard InChI is InChI=1S/C11H10Br2O3/c12-6-9(14)3-7-1-2-8(5-11(15)16)10(13)4-7/h1-2,4H,3,5-6H2,(H,15,16). The highest BCUT2D eigenvalue weighted by Crippen LogP contribution is 2.19. The fourth-order valence-corrected chi connectivity index (χ4v) is 2.05. The second-order valence-electron chi connectivity index (χ2n) is 3.35. The molecule has 1 aromatic rings. The van der Waals surface area contributed by atoms with Crippen LogP contribution in [0, 0.1) is 0 Å². The highest BCUT2D eigenvalue weighted by molar-refractivity contribution is 9.10. The van der Waals surface area contributed by atoms with Crippen molar-refractivity contribution in [3.8, 4) is 0 Å². The minimum Gasteiger partial charge on any atom is -0.481 e. The molecule has 0 aliphatic rings. The van der Waals surface area contributed by atoms with Crippen LogP contribution < -0.4 is 0 Å². The van der Waals surface area contributed by atoms with Crippen LogP contribution in [0.3, 0.4) is 0 Å². The van der Waals surface area contributed by atoms with Gasteiger partial charge in [0.2, 0.25) is 0 Å².